The zero-order valence-corrected chi connectivity index (χ0v) is 23.5. The first-order valence-corrected chi connectivity index (χ1v) is 12.6. The minimum atomic E-state index is -0.923. The molecule has 3 atom stereocenters. The Balaban J connectivity index is 2.49. The molecule has 0 aliphatic carbocycles. The quantitative estimate of drug-likeness (QED) is 0.461. The molecule has 0 spiro atoms. The minimum Gasteiger partial charge on any atom is -0.497 e. The Hall–Kier alpha value is -3.55. The van der Waals surface area contributed by atoms with Crippen LogP contribution in [0.15, 0.2) is 42.5 Å². The van der Waals surface area contributed by atoms with Crippen molar-refractivity contribution in [2.24, 2.45) is 0 Å². The van der Waals surface area contributed by atoms with Crippen LogP contribution in [0.4, 0.5) is 10.5 Å². The van der Waals surface area contributed by atoms with Gasteiger partial charge in [-0.1, -0.05) is 30.7 Å². The molecule has 0 saturated carbocycles. The summed E-state index contributed by atoms with van der Waals surface area (Å²) in [4.78, 5) is 41.7. The Bertz CT molecular complexity index is 1090. The smallest absolute Gasteiger partial charge is 0.408 e. The normalized spacial score (nSPS) is 13.6. The molecule has 202 valence electrons. The van der Waals surface area contributed by atoms with E-state index in [9.17, 15) is 14.4 Å². The first kappa shape index (κ1) is 29.7. The fourth-order valence-electron chi connectivity index (χ4n) is 4.00. The van der Waals surface area contributed by atoms with Crippen molar-refractivity contribution in [3.05, 3.63) is 59.2 Å². The summed E-state index contributed by atoms with van der Waals surface area (Å²) in [6.45, 7) is 14.6. The van der Waals surface area contributed by atoms with Gasteiger partial charge in [0.2, 0.25) is 5.91 Å². The molecule has 8 heteroatoms. The number of carbonyl (C=O) groups excluding carboxylic acids is 3. The van der Waals surface area contributed by atoms with Crippen LogP contribution in [0, 0.1) is 13.8 Å². The molecule has 0 radical (unpaired) electrons. The number of hydrogen-bond acceptors (Lipinski definition) is 5. The van der Waals surface area contributed by atoms with Crippen LogP contribution in [-0.4, -0.2) is 47.6 Å². The van der Waals surface area contributed by atoms with Gasteiger partial charge in [-0.3, -0.25) is 9.59 Å². The summed E-state index contributed by atoms with van der Waals surface area (Å²) in [5.41, 5.74) is 2.54. The van der Waals surface area contributed by atoms with Crippen LogP contribution in [0.2, 0.25) is 0 Å². The zero-order valence-electron chi connectivity index (χ0n) is 23.5. The van der Waals surface area contributed by atoms with Crippen molar-refractivity contribution in [2.45, 2.75) is 85.5 Å². The van der Waals surface area contributed by atoms with Gasteiger partial charge in [-0.05, 0) is 90.3 Å². The average Bonchev–Trinajstić information content (AvgIpc) is 2.81. The van der Waals surface area contributed by atoms with E-state index in [0.717, 1.165) is 16.7 Å². The number of nitrogens with zero attached hydrogens (tertiary/aromatic N) is 1. The lowest BCUT2D eigenvalue weighted by Crippen LogP contribution is -2.54. The number of carbonyl (C=O) groups is 3. The number of rotatable bonds is 9. The Labute approximate surface area is 220 Å². The monoisotopic (exact) mass is 511 g/mol. The van der Waals surface area contributed by atoms with Gasteiger partial charge in [0.1, 0.15) is 23.4 Å². The molecule has 3 amide bonds. The fraction of sp³-hybridized carbons (Fsp3) is 0.483. The van der Waals surface area contributed by atoms with Gasteiger partial charge < -0.3 is 25.0 Å². The van der Waals surface area contributed by atoms with Crippen LogP contribution in [0.3, 0.4) is 0 Å². The van der Waals surface area contributed by atoms with Crippen LogP contribution in [0.5, 0.6) is 5.75 Å². The summed E-state index contributed by atoms with van der Waals surface area (Å²) in [5, 5.41) is 5.59. The molecule has 2 aromatic rings. The highest BCUT2D eigenvalue weighted by molar-refractivity contribution is 5.99. The largest absolute Gasteiger partial charge is 0.497 e. The van der Waals surface area contributed by atoms with E-state index < -0.39 is 23.8 Å². The van der Waals surface area contributed by atoms with Gasteiger partial charge in [-0.2, -0.15) is 0 Å². The lowest BCUT2D eigenvalue weighted by atomic mass is 9.95. The third-order valence-electron chi connectivity index (χ3n) is 6.03. The maximum Gasteiger partial charge on any atom is 0.408 e. The van der Waals surface area contributed by atoms with E-state index in [-0.39, 0.29) is 17.9 Å². The third kappa shape index (κ3) is 8.23. The molecule has 0 aliphatic heterocycles. The summed E-state index contributed by atoms with van der Waals surface area (Å²) in [5.74, 6) is -0.0623. The second kappa shape index (κ2) is 12.6. The summed E-state index contributed by atoms with van der Waals surface area (Å²) in [6.07, 6.45) is -0.0783. The van der Waals surface area contributed by atoms with Crippen molar-refractivity contribution in [3.8, 4) is 5.75 Å². The molecule has 0 bridgehead atoms. The van der Waals surface area contributed by atoms with E-state index in [1.807, 2.05) is 45.9 Å². The molecule has 2 N–H and O–H groups in total. The van der Waals surface area contributed by atoms with Gasteiger partial charge in [0.25, 0.3) is 5.91 Å². The lowest BCUT2D eigenvalue weighted by molar-refractivity contribution is -0.143. The number of ether oxygens (including phenoxy) is 2. The predicted octanol–water partition coefficient (Wildman–Crippen LogP) is 5.53. The molecular formula is C29H41N3O5. The summed E-state index contributed by atoms with van der Waals surface area (Å²) >= 11 is 0. The first-order valence-electron chi connectivity index (χ1n) is 12.6. The molecule has 0 fully saturated rings. The van der Waals surface area contributed by atoms with Gasteiger partial charge in [0.15, 0.2) is 0 Å². The SMILES string of the molecule is CCC(C)N(C(=O)C(C)NC(=O)OC(C)(C)C)C(C(=O)Nc1ccc(OC)cc1)c1ccc(C)cc1C. The molecule has 3 unspecified atom stereocenters. The molecule has 8 nitrogen and oxygen atoms in total. The van der Waals surface area contributed by atoms with E-state index in [0.29, 0.717) is 17.9 Å². The highest BCUT2D eigenvalue weighted by atomic mass is 16.6. The lowest BCUT2D eigenvalue weighted by Gasteiger charge is -2.38. The van der Waals surface area contributed by atoms with Crippen molar-refractivity contribution >= 4 is 23.6 Å². The Morgan fingerprint density at radius 2 is 1.62 bits per heavy atom. The second-order valence-corrected chi connectivity index (χ2v) is 10.4. The van der Waals surface area contributed by atoms with E-state index in [1.165, 1.54) is 0 Å². The van der Waals surface area contributed by atoms with Gasteiger partial charge in [-0.25, -0.2) is 4.79 Å². The third-order valence-corrected chi connectivity index (χ3v) is 6.03. The second-order valence-electron chi connectivity index (χ2n) is 10.4. The average molecular weight is 512 g/mol. The van der Waals surface area contributed by atoms with Crippen molar-refractivity contribution in [2.75, 3.05) is 12.4 Å². The number of amides is 3. The first-order chi connectivity index (χ1) is 17.3. The van der Waals surface area contributed by atoms with Gasteiger partial charge in [0.05, 0.1) is 7.11 Å². The van der Waals surface area contributed by atoms with Crippen LogP contribution in [0.25, 0.3) is 0 Å². The number of benzene rings is 2. The summed E-state index contributed by atoms with van der Waals surface area (Å²) < 4.78 is 10.5. The van der Waals surface area contributed by atoms with E-state index >= 15 is 0 Å². The van der Waals surface area contributed by atoms with Crippen LogP contribution < -0.4 is 15.4 Å². The Morgan fingerprint density at radius 3 is 2.14 bits per heavy atom. The van der Waals surface area contributed by atoms with Crippen LogP contribution >= 0.6 is 0 Å². The number of methoxy groups -OCH3 is 1. The minimum absolute atomic E-state index is 0.289. The molecule has 0 saturated heterocycles. The number of alkyl carbamates (subject to hydrolysis) is 1. The molecule has 0 aromatic heterocycles. The van der Waals surface area contributed by atoms with E-state index in [2.05, 4.69) is 10.6 Å². The number of aryl methyl sites for hydroxylation is 2. The standard InChI is InChI=1S/C29H41N3O5/c1-10-20(4)32(27(34)21(5)30-28(35)37-29(6,7)8)25(24-16-11-18(2)17-19(24)3)26(33)31-22-12-14-23(36-9)15-13-22/h11-17,20-21,25H,10H2,1-9H3,(H,30,35)(H,31,33). The Morgan fingerprint density at radius 1 is 1.00 bits per heavy atom. The van der Waals surface area contributed by atoms with Gasteiger partial charge in [0, 0.05) is 11.7 Å². The van der Waals surface area contributed by atoms with E-state index in [4.69, 9.17) is 9.47 Å². The maximum absolute atomic E-state index is 13.9. The topological polar surface area (TPSA) is 97.0 Å². The summed E-state index contributed by atoms with van der Waals surface area (Å²) in [7, 11) is 1.58. The molecule has 2 aromatic carbocycles. The molecule has 0 aliphatic rings. The summed E-state index contributed by atoms with van der Waals surface area (Å²) in [6, 6.07) is 10.7. The van der Waals surface area contributed by atoms with Gasteiger partial charge in [-0.15, -0.1) is 0 Å². The fourth-order valence-corrected chi connectivity index (χ4v) is 4.00. The van der Waals surface area contributed by atoms with Crippen molar-refractivity contribution in [3.63, 3.8) is 0 Å². The van der Waals surface area contributed by atoms with Crippen LogP contribution in [-0.2, 0) is 14.3 Å². The Kier molecular flexibility index (Phi) is 10.1. The van der Waals surface area contributed by atoms with Gasteiger partial charge >= 0.3 is 6.09 Å². The maximum atomic E-state index is 13.9. The zero-order chi connectivity index (χ0) is 27.9. The highest BCUT2D eigenvalue weighted by Gasteiger charge is 2.37. The predicted molar refractivity (Wildman–Crippen MR) is 146 cm³/mol. The number of anilines is 1. The van der Waals surface area contributed by atoms with E-state index in [1.54, 1.807) is 64.0 Å². The van der Waals surface area contributed by atoms with Crippen LogP contribution in [0.1, 0.15) is 70.7 Å². The van der Waals surface area contributed by atoms with Crippen molar-refractivity contribution in [1.29, 1.82) is 0 Å². The molecule has 37 heavy (non-hydrogen) atoms. The molecular weight excluding hydrogens is 470 g/mol. The molecule has 0 heterocycles. The number of hydrogen-bond donors (Lipinski definition) is 2. The van der Waals surface area contributed by atoms with Crippen molar-refractivity contribution < 1.29 is 23.9 Å². The van der Waals surface area contributed by atoms with Crippen molar-refractivity contribution in [1.82, 2.24) is 10.2 Å². The molecule has 2 rings (SSSR count). The number of nitrogens with one attached hydrogen (secondary N) is 2. The highest BCUT2D eigenvalue weighted by Crippen LogP contribution is 2.30.